The van der Waals surface area contributed by atoms with E-state index in [1.807, 2.05) is 24.0 Å². The molecule has 2 rings (SSSR count). The Morgan fingerprint density at radius 3 is 2.67 bits per heavy atom. The quantitative estimate of drug-likeness (QED) is 0.730. The summed E-state index contributed by atoms with van der Waals surface area (Å²) in [5.74, 6) is 0.842. The molecule has 0 unspecified atom stereocenters. The minimum atomic E-state index is 0.178. The summed E-state index contributed by atoms with van der Waals surface area (Å²) in [5.41, 5.74) is 2.04. The van der Waals surface area contributed by atoms with E-state index >= 15 is 0 Å². The number of hydrogen-bond acceptors (Lipinski definition) is 1. The molecule has 2 nitrogen and oxygen atoms in total. The third-order valence-corrected chi connectivity index (χ3v) is 3.60. The van der Waals surface area contributed by atoms with Crippen LogP contribution in [0.25, 0.3) is 0 Å². The van der Waals surface area contributed by atoms with Crippen LogP contribution in [0, 0.1) is 16.4 Å². The third kappa shape index (κ3) is 2.17. The van der Waals surface area contributed by atoms with Crippen LogP contribution in [0.5, 0.6) is 0 Å². The topological polar surface area (TPSA) is 20.3 Å². The van der Waals surface area contributed by atoms with Crippen molar-refractivity contribution in [3.63, 3.8) is 0 Å². The molecule has 0 saturated carbocycles. The first-order valence-corrected chi connectivity index (χ1v) is 6.21. The Kier molecular flexibility index (Phi) is 3.00. The van der Waals surface area contributed by atoms with E-state index < -0.39 is 0 Å². The second kappa shape index (κ2) is 4.12. The van der Waals surface area contributed by atoms with Crippen molar-refractivity contribution >= 4 is 28.5 Å². The second-order valence-electron chi connectivity index (χ2n) is 4.30. The molecule has 15 heavy (non-hydrogen) atoms. The standard InChI is InChI=1S/C12H14INO/c1-8-3-4-10(11(13)5-8)12(15)14-6-9(2)7-14/h3-5,9H,6-7H2,1-2H3. The molecule has 1 aliphatic rings. The zero-order chi connectivity index (χ0) is 11.0. The summed E-state index contributed by atoms with van der Waals surface area (Å²) < 4.78 is 1.05. The first kappa shape index (κ1) is 10.9. The van der Waals surface area contributed by atoms with E-state index in [4.69, 9.17) is 0 Å². The van der Waals surface area contributed by atoms with Crippen molar-refractivity contribution in [2.45, 2.75) is 13.8 Å². The fourth-order valence-electron chi connectivity index (χ4n) is 1.83. The van der Waals surface area contributed by atoms with Gasteiger partial charge in [0.05, 0.1) is 5.56 Å². The number of aryl methyl sites for hydroxylation is 1. The van der Waals surface area contributed by atoms with Crippen molar-refractivity contribution in [2.24, 2.45) is 5.92 Å². The van der Waals surface area contributed by atoms with Crippen molar-refractivity contribution < 1.29 is 4.79 Å². The number of carbonyl (C=O) groups is 1. The molecule has 1 amide bonds. The number of hydrogen-bond donors (Lipinski definition) is 0. The van der Waals surface area contributed by atoms with Crippen LogP contribution in [0.3, 0.4) is 0 Å². The molecule has 0 N–H and O–H groups in total. The minimum absolute atomic E-state index is 0.178. The highest BCUT2D eigenvalue weighted by atomic mass is 127. The highest BCUT2D eigenvalue weighted by molar-refractivity contribution is 14.1. The second-order valence-corrected chi connectivity index (χ2v) is 5.46. The van der Waals surface area contributed by atoms with E-state index in [2.05, 4.69) is 35.6 Å². The fraction of sp³-hybridized carbons (Fsp3) is 0.417. The lowest BCUT2D eigenvalue weighted by atomic mass is 10.0. The molecule has 0 radical (unpaired) electrons. The molecule has 1 aromatic rings. The zero-order valence-corrected chi connectivity index (χ0v) is 11.1. The average Bonchev–Trinajstić information content (AvgIpc) is 2.12. The molecule has 1 heterocycles. The Labute approximate surface area is 104 Å². The van der Waals surface area contributed by atoms with Crippen molar-refractivity contribution in [3.8, 4) is 0 Å². The lowest BCUT2D eigenvalue weighted by Gasteiger charge is -2.37. The van der Waals surface area contributed by atoms with Crippen molar-refractivity contribution in [2.75, 3.05) is 13.1 Å². The van der Waals surface area contributed by atoms with Gasteiger partial charge in [-0.2, -0.15) is 0 Å². The number of likely N-dealkylation sites (tertiary alicyclic amines) is 1. The highest BCUT2D eigenvalue weighted by Gasteiger charge is 2.28. The molecule has 0 atom stereocenters. The summed E-state index contributed by atoms with van der Waals surface area (Å²) in [4.78, 5) is 13.9. The normalized spacial score (nSPS) is 16.3. The zero-order valence-electron chi connectivity index (χ0n) is 8.96. The molecule has 0 spiro atoms. The van der Waals surface area contributed by atoms with Crippen LogP contribution in [0.1, 0.15) is 22.8 Å². The molecule has 3 heteroatoms. The number of amides is 1. The van der Waals surface area contributed by atoms with Gasteiger partial charge in [0.15, 0.2) is 0 Å². The van der Waals surface area contributed by atoms with E-state index in [1.54, 1.807) is 0 Å². The summed E-state index contributed by atoms with van der Waals surface area (Å²) in [5, 5.41) is 0. The van der Waals surface area contributed by atoms with Crippen molar-refractivity contribution in [3.05, 3.63) is 32.9 Å². The predicted octanol–water partition coefficient (Wildman–Crippen LogP) is 2.69. The van der Waals surface area contributed by atoms with Gasteiger partial charge in [-0.25, -0.2) is 0 Å². The minimum Gasteiger partial charge on any atom is -0.338 e. The lowest BCUT2D eigenvalue weighted by molar-refractivity contribution is 0.0529. The molecule has 0 aliphatic carbocycles. The van der Waals surface area contributed by atoms with E-state index in [9.17, 15) is 4.79 Å². The maximum absolute atomic E-state index is 12.0. The molecule has 1 aliphatic heterocycles. The molecule has 1 aromatic carbocycles. The summed E-state index contributed by atoms with van der Waals surface area (Å²) in [6.45, 7) is 6.03. The number of benzene rings is 1. The summed E-state index contributed by atoms with van der Waals surface area (Å²) in [6, 6.07) is 5.98. The van der Waals surface area contributed by atoms with Crippen LogP contribution in [0.4, 0.5) is 0 Å². The highest BCUT2D eigenvalue weighted by Crippen LogP contribution is 2.21. The number of nitrogens with zero attached hydrogens (tertiary/aromatic N) is 1. The first-order chi connectivity index (χ1) is 7.08. The number of rotatable bonds is 1. The smallest absolute Gasteiger partial charge is 0.254 e. The molecule has 80 valence electrons. The van der Waals surface area contributed by atoms with Crippen LogP contribution >= 0.6 is 22.6 Å². The molecule has 0 bridgehead atoms. The molecule has 1 saturated heterocycles. The van der Waals surface area contributed by atoms with Crippen molar-refractivity contribution in [1.82, 2.24) is 4.90 Å². The first-order valence-electron chi connectivity index (χ1n) is 5.13. The van der Waals surface area contributed by atoms with Crippen LogP contribution < -0.4 is 0 Å². The van der Waals surface area contributed by atoms with Gasteiger partial charge in [-0.15, -0.1) is 0 Å². The van der Waals surface area contributed by atoms with Gasteiger partial charge in [-0.1, -0.05) is 18.6 Å². The third-order valence-electron chi connectivity index (χ3n) is 2.71. The molecular weight excluding hydrogens is 301 g/mol. The Morgan fingerprint density at radius 2 is 2.13 bits per heavy atom. The van der Waals surface area contributed by atoms with Gasteiger partial charge in [0.1, 0.15) is 0 Å². The van der Waals surface area contributed by atoms with E-state index in [-0.39, 0.29) is 5.91 Å². The van der Waals surface area contributed by atoms with Crippen LogP contribution in [0.15, 0.2) is 18.2 Å². The maximum atomic E-state index is 12.0. The van der Waals surface area contributed by atoms with Crippen LogP contribution in [0.2, 0.25) is 0 Å². The van der Waals surface area contributed by atoms with Crippen LogP contribution in [-0.4, -0.2) is 23.9 Å². The Hall–Kier alpha value is -0.580. The SMILES string of the molecule is Cc1ccc(C(=O)N2CC(C)C2)c(I)c1. The van der Waals surface area contributed by atoms with Crippen molar-refractivity contribution in [1.29, 1.82) is 0 Å². The van der Waals surface area contributed by atoms with E-state index in [1.165, 1.54) is 5.56 Å². The van der Waals surface area contributed by atoms with Crippen LogP contribution in [-0.2, 0) is 0 Å². The van der Waals surface area contributed by atoms with Gasteiger partial charge < -0.3 is 4.90 Å². The van der Waals surface area contributed by atoms with E-state index in [0.717, 1.165) is 22.2 Å². The average molecular weight is 315 g/mol. The fourth-order valence-corrected chi connectivity index (χ4v) is 2.73. The van der Waals surface area contributed by atoms with Gasteiger partial charge in [0, 0.05) is 16.7 Å². The Morgan fingerprint density at radius 1 is 1.47 bits per heavy atom. The monoisotopic (exact) mass is 315 g/mol. The molecule has 0 aromatic heterocycles. The summed E-state index contributed by atoms with van der Waals surface area (Å²) in [6.07, 6.45) is 0. The van der Waals surface area contributed by atoms with E-state index in [0.29, 0.717) is 5.92 Å². The number of carbonyl (C=O) groups excluding carboxylic acids is 1. The van der Waals surface area contributed by atoms with Gasteiger partial charge >= 0.3 is 0 Å². The van der Waals surface area contributed by atoms with Gasteiger partial charge in [0.2, 0.25) is 0 Å². The van der Waals surface area contributed by atoms with Gasteiger partial charge in [-0.05, 0) is 47.6 Å². The molecule has 1 fully saturated rings. The maximum Gasteiger partial charge on any atom is 0.254 e. The van der Waals surface area contributed by atoms with Gasteiger partial charge in [0.25, 0.3) is 5.91 Å². The predicted molar refractivity (Wildman–Crippen MR) is 69.0 cm³/mol. The largest absolute Gasteiger partial charge is 0.338 e. The Bertz CT molecular complexity index is 397. The summed E-state index contributed by atoms with van der Waals surface area (Å²) >= 11 is 2.23. The van der Waals surface area contributed by atoms with Gasteiger partial charge in [-0.3, -0.25) is 4.79 Å². The number of halogens is 1. The molecular formula is C12H14INO. The Balaban J connectivity index is 2.19. The summed E-state index contributed by atoms with van der Waals surface area (Å²) in [7, 11) is 0. The lowest BCUT2D eigenvalue weighted by Crippen LogP contribution is -2.48.